The molecule has 2 unspecified atom stereocenters. The lowest BCUT2D eigenvalue weighted by molar-refractivity contribution is -0.141. The lowest BCUT2D eigenvalue weighted by Crippen LogP contribution is -2.40. The number of aliphatic imine (C=N–C) groups is 1. The number of alkyl halides is 3. The summed E-state index contributed by atoms with van der Waals surface area (Å²) in [6, 6.07) is 5.36. The molecule has 0 bridgehead atoms. The molecule has 0 heterocycles. The van der Waals surface area contributed by atoms with Crippen LogP contribution in [-0.2, 0) is 35.6 Å². The van der Waals surface area contributed by atoms with Gasteiger partial charge >= 0.3 is 12.1 Å². The number of ether oxygens (including phenoxy) is 1. The minimum absolute atomic E-state index is 0.154. The Morgan fingerprint density at radius 2 is 1.74 bits per heavy atom. The number of hydrogen-bond acceptors (Lipinski definition) is 7. The molecule has 0 saturated heterocycles. The molecule has 0 N–H and O–H groups in total. The van der Waals surface area contributed by atoms with Crippen molar-refractivity contribution in [2.75, 3.05) is 14.2 Å². The smallest absolute Gasteiger partial charge is 0.416 e. The van der Waals surface area contributed by atoms with Crippen LogP contribution in [0.1, 0.15) is 51.5 Å². The van der Waals surface area contributed by atoms with Gasteiger partial charge in [0, 0.05) is 30.7 Å². The summed E-state index contributed by atoms with van der Waals surface area (Å²) in [4.78, 5) is 14.0. The molecular weight excluding hydrogens is 617 g/mol. The van der Waals surface area contributed by atoms with E-state index in [1.165, 1.54) is 26.3 Å². The van der Waals surface area contributed by atoms with E-state index in [1.807, 2.05) is 6.92 Å². The van der Waals surface area contributed by atoms with Gasteiger partial charge in [-0.05, 0) is 87.6 Å². The number of hydrogen-bond donors (Lipinski definition) is 0. The highest BCUT2D eigenvalue weighted by molar-refractivity contribution is 7.91. The van der Waals surface area contributed by atoms with Crippen LogP contribution in [0, 0.1) is 0 Å². The molecule has 0 spiro atoms. The molecule has 0 saturated carbocycles. The molecule has 14 heteroatoms. The van der Waals surface area contributed by atoms with Gasteiger partial charge in [0.2, 0.25) is 19.9 Å². The number of likely N-dealkylation sites (N-methyl/N-ethyl adjacent to an activating group) is 1. The number of carbonyl (C=O) groups excluding carboxylic acids is 1. The molecule has 0 aromatic heterocycles. The summed E-state index contributed by atoms with van der Waals surface area (Å²) >= 11 is 5.82. The highest BCUT2D eigenvalue weighted by atomic mass is 35.5. The van der Waals surface area contributed by atoms with E-state index >= 15 is 0 Å². The van der Waals surface area contributed by atoms with Crippen LogP contribution in [0.5, 0.6) is 0 Å². The summed E-state index contributed by atoms with van der Waals surface area (Å²) in [5.74, 6) is -0.382. The second kappa shape index (κ2) is 13.3. The number of esters is 1. The zero-order valence-electron chi connectivity index (χ0n) is 23.5. The Kier molecular flexibility index (Phi) is 10.7. The first-order valence-corrected chi connectivity index (χ1v) is 16.3. The molecule has 0 amide bonds. The third-order valence-corrected chi connectivity index (χ3v) is 10.9. The Labute approximate surface area is 249 Å². The quantitative estimate of drug-likeness (QED) is 0.228. The first kappa shape index (κ1) is 33.8. The monoisotopic (exact) mass is 648 g/mol. The van der Waals surface area contributed by atoms with Gasteiger partial charge in [0.05, 0.1) is 33.4 Å². The second-order valence-electron chi connectivity index (χ2n) is 10.1. The van der Waals surface area contributed by atoms with Gasteiger partial charge in [-0.1, -0.05) is 17.2 Å². The Hall–Kier alpha value is -2.74. The molecule has 42 heavy (non-hydrogen) atoms. The third-order valence-electron chi connectivity index (χ3n) is 7.10. The minimum atomic E-state index is -5.02. The standard InChI is InChI=1S/C28H32ClF3N2O6S2/c1-18-6-5-7-26(25(18)17-33-19(2)8-13-27(35)40-4)34(3)42(38,39)24-15-20(28(30,31)32)14-23(16-24)41(36,37)22-11-9-21(29)10-12-22/h9-12,14-17,19,26H,5-8,13H2,1-4H3. The van der Waals surface area contributed by atoms with Crippen LogP contribution in [0.4, 0.5) is 13.2 Å². The summed E-state index contributed by atoms with van der Waals surface area (Å²) in [7, 11) is -6.61. The van der Waals surface area contributed by atoms with Gasteiger partial charge in [-0.15, -0.1) is 0 Å². The number of sulfone groups is 1. The van der Waals surface area contributed by atoms with Crippen molar-refractivity contribution in [3.63, 3.8) is 0 Å². The van der Waals surface area contributed by atoms with Crippen molar-refractivity contribution >= 4 is 43.6 Å². The third kappa shape index (κ3) is 7.80. The lowest BCUT2D eigenvalue weighted by Gasteiger charge is -2.33. The fraction of sp³-hybridized carbons (Fsp3) is 0.429. The number of sulfonamides is 1. The van der Waals surface area contributed by atoms with Crippen molar-refractivity contribution in [1.29, 1.82) is 0 Å². The Morgan fingerprint density at radius 1 is 1.12 bits per heavy atom. The predicted octanol–water partition coefficient (Wildman–Crippen LogP) is 6.09. The van der Waals surface area contributed by atoms with Crippen LogP contribution in [0.25, 0.3) is 0 Å². The number of rotatable bonds is 10. The van der Waals surface area contributed by atoms with Gasteiger partial charge in [-0.25, -0.2) is 16.8 Å². The fourth-order valence-electron chi connectivity index (χ4n) is 4.55. The molecule has 2 atom stereocenters. The number of nitrogens with zero attached hydrogens (tertiary/aromatic N) is 2. The Balaban J connectivity index is 2.04. The molecule has 0 fully saturated rings. The highest BCUT2D eigenvalue weighted by Gasteiger charge is 2.37. The van der Waals surface area contributed by atoms with Crippen molar-refractivity contribution in [2.24, 2.45) is 4.99 Å². The molecule has 1 aliphatic carbocycles. The maximum Gasteiger partial charge on any atom is 0.416 e. The van der Waals surface area contributed by atoms with Crippen LogP contribution < -0.4 is 0 Å². The molecule has 0 aliphatic heterocycles. The van der Waals surface area contributed by atoms with E-state index in [9.17, 15) is 34.8 Å². The predicted molar refractivity (Wildman–Crippen MR) is 153 cm³/mol. The molecular formula is C28H32ClF3N2O6S2. The van der Waals surface area contributed by atoms with Crippen molar-refractivity contribution in [1.82, 2.24) is 4.31 Å². The van der Waals surface area contributed by atoms with Crippen molar-refractivity contribution in [3.05, 3.63) is 64.2 Å². The molecule has 0 radical (unpaired) electrons. The normalized spacial score (nSPS) is 17.6. The van der Waals surface area contributed by atoms with E-state index in [1.54, 1.807) is 13.1 Å². The second-order valence-corrected chi connectivity index (χ2v) is 14.4. The molecule has 1 aliphatic rings. The average Bonchev–Trinajstić information content (AvgIpc) is 2.94. The summed E-state index contributed by atoms with van der Waals surface area (Å²) in [6.07, 6.45) is -1.23. The summed E-state index contributed by atoms with van der Waals surface area (Å²) < 4.78 is 101. The minimum Gasteiger partial charge on any atom is -0.469 e. The average molecular weight is 649 g/mol. The fourth-order valence-corrected chi connectivity index (χ4v) is 7.52. The van der Waals surface area contributed by atoms with E-state index in [4.69, 9.17) is 11.6 Å². The zero-order valence-corrected chi connectivity index (χ0v) is 25.9. The van der Waals surface area contributed by atoms with E-state index in [-0.39, 0.29) is 28.4 Å². The van der Waals surface area contributed by atoms with Crippen LogP contribution in [-0.4, -0.2) is 59.6 Å². The number of benzene rings is 2. The number of methoxy groups -OCH3 is 1. The first-order valence-electron chi connectivity index (χ1n) is 13.0. The van der Waals surface area contributed by atoms with E-state index in [0.717, 1.165) is 28.1 Å². The number of allylic oxidation sites excluding steroid dienone is 1. The molecule has 8 nitrogen and oxygen atoms in total. The molecule has 2 aromatic carbocycles. The molecule has 3 rings (SSSR count). The number of carbonyl (C=O) groups is 1. The summed E-state index contributed by atoms with van der Waals surface area (Å²) in [6.45, 7) is 3.62. The Morgan fingerprint density at radius 3 is 2.33 bits per heavy atom. The van der Waals surface area contributed by atoms with Gasteiger partial charge in [0.15, 0.2) is 0 Å². The van der Waals surface area contributed by atoms with Gasteiger partial charge in [0.25, 0.3) is 0 Å². The van der Waals surface area contributed by atoms with Crippen molar-refractivity contribution in [2.45, 2.75) is 78.9 Å². The largest absolute Gasteiger partial charge is 0.469 e. The van der Waals surface area contributed by atoms with E-state index in [2.05, 4.69) is 9.73 Å². The maximum atomic E-state index is 13.9. The van der Waals surface area contributed by atoms with Crippen molar-refractivity contribution in [3.8, 4) is 0 Å². The van der Waals surface area contributed by atoms with Crippen LogP contribution in [0.2, 0.25) is 5.02 Å². The molecule has 230 valence electrons. The van der Waals surface area contributed by atoms with Crippen LogP contribution in [0.15, 0.2) is 73.3 Å². The maximum absolute atomic E-state index is 13.9. The van der Waals surface area contributed by atoms with E-state index in [0.29, 0.717) is 43.4 Å². The van der Waals surface area contributed by atoms with Crippen molar-refractivity contribution < 1.29 is 39.5 Å². The Bertz CT molecular complexity index is 1590. The van der Waals surface area contributed by atoms with Gasteiger partial charge in [-0.3, -0.25) is 9.79 Å². The number of halogens is 4. The SMILES string of the molecule is COC(=O)CCC(C)N=CC1=C(C)CCCC1N(C)S(=O)(=O)c1cc(C(F)(F)F)cc(S(=O)(=O)c2ccc(Cl)cc2)c1. The topological polar surface area (TPSA) is 110 Å². The van der Waals surface area contributed by atoms with Crippen LogP contribution >= 0.6 is 11.6 Å². The lowest BCUT2D eigenvalue weighted by atomic mass is 9.89. The zero-order chi connectivity index (χ0) is 31.5. The summed E-state index contributed by atoms with van der Waals surface area (Å²) in [5.41, 5.74) is 0.0478. The van der Waals surface area contributed by atoms with Crippen LogP contribution in [0.3, 0.4) is 0 Å². The summed E-state index contributed by atoms with van der Waals surface area (Å²) in [5, 5.41) is 0.218. The van der Waals surface area contributed by atoms with Gasteiger partial charge in [0.1, 0.15) is 0 Å². The molecule has 2 aromatic rings. The van der Waals surface area contributed by atoms with E-state index < -0.39 is 47.4 Å². The first-order chi connectivity index (χ1) is 19.5. The van der Waals surface area contributed by atoms with Gasteiger partial charge in [-0.2, -0.15) is 17.5 Å². The van der Waals surface area contributed by atoms with Gasteiger partial charge < -0.3 is 4.74 Å². The highest BCUT2D eigenvalue weighted by Crippen LogP contribution is 2.37.